The van der Waals surface area contributed by atoms with E-state index in [0.29, 0.717) is 43.7 Å². The van der Waals surface area contributed by atoms with Crippen molar-refractivity contribution in [2.75, 3.05) is 54.8 Å². The molecule has 23 heteroatoms. The van der Waals surface area contributed by atoms with E-state index in [2.05, 4.69) is 10.5 Å². The van der Waals surface area contributed by atoms with Crippen molar-refractivity contribution >= 4 is 34.5 Å². The van der Waals surface area contributed by atoms with E-state index in [1.165, 1.54) is 27.3 Å². The van der Waals surface area contributed by atoms with E-state index in [-0.39, 0.29) is 67.8 Å². The van der Waals surface area contributed by atoms with E-state index in [9.17, 15) is 44.7 Å². The molecule has 23 nitrogen and oxygen atoms in total. The first-order valence-corrected chi connectivity index (χ1v) is 28.9. The van der Waals surface area contributed by atoms with Crippen LogP contribution in [0.15, 0.2) is 28.3 Å². The fraction of sp³-hybridized carbons (Fsp3) is 0.780. The van der Waals surface area contributed by atoms with Gasteiger partial charge in [-0.2, -0.15) is 0 Å². The van der Waals surface area contributed by atoms with Crippen molar-refractivity contribution in [1.29, 1.82) is 0 Å². The number of carbonyl (C=O) groups is 3. The minimum absolute atomic E-state index is 0.00285. The maximum atomic E-state index is 14.7. The number of methoxy groups -OCH3 is 2. The van der Waals surface area contributed by atoms with Crippen LogP contribution >= 0.6 is 0 Å². The van der Waals surface area contributed by atoms with Gasteiger partial charge in [0.15, 0.2) is 18.7 Å². The minimum atomic E-state index is -2.01. The lowest BCUT2D eigenvalue weighted by atomic mass is 9.73. The number of pyridine rings is 1. The maximum absolute atomic E-state index is 14.7. The van der Waals surface area contributed by atoms with Crippen LogP contribution < -0.4 is 15.5 Å². The molecule has 0 spiro atoms. The van der Waals surface area contributed by atoms with Crippen LogP contribution in [-0.2, 0) is 64.3 Å². The Morgan fingerprint density at radius 2 is 1.62 bits per heavy atom. The van der Waals surface area contributed by atoms with Gasteiger partial charge in [0.25, 0.3) is 0 Å². The van der Waals surface area contributed by atoms with Crippen LogP contribution in [-0.4, -0.2) is 198 Å². The number of aromatic carboxylic acids is 1. The average molecular weight is 1160 g/mol. The van der Waals surface area contributed by atoms with Crippen LogP contribution in [0.25, 0.3) is 10.9 Å². The highest BCUT2D eigenvalue weighted by Crippen LogP contribution is 2.42. The van der Waals surface area contributed by atoms with E-state index < -0.39 is 125 Å². The van der Waals surface area contributed by atoms with Crippen molar-refractivity contribution < 1.29 is 87.4 Å². The number of aliphatic hydroxyl groups excluding tert-OH is 2. The number of aliphatic hydroxyl groups is 4. The Morgan fingerprint density at radius 3 is 2.26 bits per heavy atom. The van der Waals surface area contributed by atoms with Crippen molar-refractivity contribution in [2.24, 2.45) is 28.8 Å². The molecule has 4 aliphatic rings. The summed E-state index contributed by atoms with van der Waals surface area (Å²) in [6.45, 7) is 21.6. The third-order valence-corrected chi connectivity index (χ3v) is 17.3. The van der Waals surface area contributed by atoms with Gasteiger partial charge in [-0.15, -0.1) is 0 Å². The molecular formula is C59H94N4O19. The summed E-state index contributed by atoms with van der Waals surface area (Å²) >= 11 is 0. The molecule has 2 aromatic rings. The van der Waals surface area contributed by atoms with Gasteiger partial charge in [-0.3, -0.25) is 14.4 Å². The summed E-state index contributed by atoms with van der Waals surface area (Å²) in [5, 5.41) is 66.6. The third kappa shape index (κ3) is 14.8. The Bertz CT molecular complexity index is 2610. The highest BCUT2D eigenvalue weighted by Gasteiger charge is 2.54. The van der Waals surface area contributed by atoms with Crippen molar-refractivity contribution in [3.8, 4) is 5.75 Å². The van der Waals surface area contributed by atoms with Gasteiger partial charge in [0.1, 0.15) is 41.3 Å². The predicted molar refractivity (Wildman–Crippen MR) is 301 cm³/mol. The molecule has 6 rings (SSSR count). The molecule has 3 fully saturated rings. The Labute approximate surface area is 482 Å². The number of ether oxygens (including phenoxy) is 9. The molecule has 0 radical (unpaired) electrons. The van der Waals surface area contributed by atoms with Crippen molar-refractivity contribution in [3.63, 3.8) is 0 Å². The van der Waals surface area contributed by atoms with Crippen molar-refractivity contribution in [1.82, 2.24) is 14.8 Å². The summed E-state index contributed by atoms with van der Waals surface area (Å²) < 4.78 is 57.9. The summed E-state index contributed by atoms with van der Waals surface area (Å²) in [7, 11) is 6.61. The second-order valence-electron chi connectivity index (χ2n) is 24.8. The molecule has 82 heavy (non-hydrogen) atoms. The standard InChI is InChI=1S/C59H94N4O19/c1-17-42-59(12,72)50(67)33(4)45(61-76-30-73-15)31(2)26-57(10,71)51(82-55-48(66)40(62(13)14)23-32(3)77-55)34(5)49(35(6)54(70)79-42)81-44-27-58(11,74-16)52(36(7)78-44)80-43(64)20-22-60-21-18-19-37-24-38-46-41(25-37)75-29-56(8,9)63(46)28-39(47(38)65)53(68)69/h24-25,28,31-36,40,42,44,48-52,55,60,66-67,71-72H,17-23,26-27,29-30H2,1-16H3,(H,68,69)/b61-45+/t31-,32+,33+,34+,35-,36+,40-,42-,44+,48+,49+,50-,51-,52+,55-,57-,58-,59-/m1/s1. The van der Waals surface area contributed by atoms with E-state index in [0.717, 1.165) is 5.56 Å². The summed E-state index contributed by atoms with van der Waals surface area (Å²) in [6.07, 6.45) is -7.71. The lowest BCUT2D eigenvalue weighted by molar-refractivity contribution is -0.318. The maximum Gasteiger partial charge on any atom is 0.341 e. The fourth-order valence-corrected chi connectivity index (χ4v) is 12.6. The van der Waals surface area contributed by atoms with Gasteiger partial charge in [-0.25, -0.2) is 4.79 Å². The normalized spacial score (nSPS) is 37.0. The van der Waals surface area contributed by atoms with Crippen molar-refractivity contribution in [2.45, 2.75) is 218 Å². The van der Waals surface area contributed by atoms with Gasteiger partial charge in [-0.1, -0.05) is 32.9 Å². The summed E-state index contributed by atoms with van der Waals surface area (Å²) in [5.74, 6) is -5.70. The van der Waals surface area contributed by atoms with Gasteiger partial charge in [-0.05, 0) is 126 Å². The second-order valence-corrected chi connectivity index (χ2v) is 24.8. The Balaban J connectivity index is 1.20. The van der Waals surface area contributed by atoms with Gasteiger partial charge in [0.2, 0.25) is 12.2 Å². The quantitative estimate of drug-likeness (QED) is 0.0489. The number of aromatic nitrogens is 1. The van der Waals surface area contributed by atoms with Crippen molar-refractivity contribution in [3.05, 3.63) is 39.7 Å². The SMILES string of the molecule is CC[C@H]1OC(=O)[C@H](C)[C@@H](O[C@H]2C[C@@](C)(OC)[C@@H](OC(=O)CCNCCCc3cc4c5c(c3)c(=O)c(C(=O)O)cn5C(C)(C)CO4)[C@H](C)O2)[C@H](C)[C@@H](O[C@H]2O[C@@H](C)C[C@@H](N(C)C)[C@@H]2O)[C@](C)(O)C[C@@H](C)/C(=N\OCOC)[C@H](C)[C@@H](O)[C@]1(C)O. The number of likely N-dealkylation sites (N-methyl/N-ethyl adjacent to an activating group) is 1. The number of carboxylic acids is 1. The molecule has 0 amide bonds. The number of cyclic esters (lactones) is 1. The van der Waals surface area contributed by atoms with Crippen LogP contribution in [0.4, 0.5) is 0 Å². The first-order valence-electron chi connectivity index (χ1n) is 28.9. The Hall–Kier alpha value is -4.37. The molecule has 464 valence electrons. The summed E-state index contributed by atoms with van der Waals surface area (Å²) in [6, 6.07) is 3.23. The zero-order valence-corrected chi connectivity index (χ0v) is 51.0. The molecule has 3 saturated heterocycles. The number of carbonyl (C=O) groups excluding carboxylic acids is 2. The number of hydrogen-bond donors (Lipinski definition) is 6. The molecule has 1 aromatic carbocycles. The number of rotatable bonds is 19. The average Bonchev–Trinajstić information content (AvgIpc) is 3.49. The number of oxime groups is 1. The number of benzene rings is 1. The molecule has 0 bridgehead atoms. The van der Waals surface area contributed by atoms with Gasteiger partial charge in [0.05, 0.1) is 70.6 Å². The lowest BCUT2D eigenvalue weighted by Gasteiger charge is -2.49. The van der Waals surface area contributed by atoms with E-state index in [1.807, 2.05) is 50.4 Å². The molecule has 0 unspecified atom stereocenters. The zero-order chi connectivity index (χ0) is 61.0. The van der Waals surface area contributed by atoms with Crippen LogP contribution in [0.5, 0.6) is 5.75 Å². The van der Waals surface area contributed by atoms with Crippen LogP contribution in [0.3, 0.4) is 0 Å². The smallest absolute Gasteiger partial charge is 0.341 e. The highest BCUT2D eigenvalue weighted by atomic mass is 16.7. The first kappa shape index (κ1) is 66.8. The summed E-state index contributed by atoms with van der Waals surface area (Å²) in [4.78, 5) is 61.0. The third-order valence-electron chi connectivity index (χ3n) is 17.3. The number of hydrogen-bond acceptors (Lipinski definition) is 21. The Morgan fingerprint density at radius 1 is 0.927 bits per heavy atom. The Kier molecular flexibility index (Phi) is 22.3. The van der Waals surface area contributed by atoms with E-state index in [4.69, 9.17) is 47.5 Å². The minimum Gasteiger partial charge on any atom is -0.489 e. The first-order chi connectivity index (χ1) is 38.3. The molecule has 6 N–H and O–H groups in total. The van der Waals surface area contributed by atoms with E-state index in [1.54, 1.807) is 61.5 Å². The number of esters is 2. The van der Waals surface area contributed by atoms with E-state index >= 15 is 0 Å². The second kappa shape index (κ2) is 27.3. The van der Waals surface area contributed by atoms with Gasteiger partial charge < -0.3 is 87.8 Å². The molecule has 18 atom stereocenters. The highest BCUT2D eigenvalue weighted by molar-refractivity contribution is 5.95. The number of nitrogens with zero attached hydrogens (tertiary/aromatic N) is 3. The van der Waals surface area contributed by atoms with Crippen LogP contribution in [0.2, 0.25) is 0 Å². The fourth-order valence-electron chi connectivity index (χ4n) is 12.6. The summed E-state index contributed by atoms with van der Waals surface area (Å²) in [5.41, 5.74) is -4.83. The largest absolute Gasteiger partial charge is 0.489 e. The molecular weight excluding hydrogens is 1070 g/mol. The molecule has 0 saturated carbocycles. The molecule has 0 aliphatic carbocycles. The zero-order valence-electron chi connectivity index (χ0n) is 51.0. The van der Waals surface area contributed by atoms with Crippen LogP contribution in [0.1, 0.15) is 138 Å². The monoisotopic (exact) mass is 1160 g/mol. The predicted octanol–water partition coefficient (Wildman–Crippen LogP) is 4.50. The topological polar surface area (TPSA) is 294 Å². The van der Waals surface area contributed by atoms with Gasteiger partial charge >= 0.3 is 17.9 Å². The lowest BCUT2D eigenvalue weighted by Crippen LogP contribution is -2.61. The number of nitrogens with one attached hydrogen (secondary N) is 1. The molecule has 5 heterocycles. The molecule has 4 aliphatic heterocycles. The van der Waals surface area contributed by atoms with Gasteiger partial charge in [0, 0.05) is 57.2 Å². The number of carboxylic acid groups (broad SMARTS) is 1. The number of aryl methyl sites for hydroxylation is 1. The van der Waals surface area contributed by atoms with Crippen LogP contribution in [0, 0.1) is 23.7 Å². The molecule has 1 aromatic heterocycles.